The van der Waals surface area contributed by atoms with E-state index in [0.717, 1.165) is 12.1 Å². The summed E-state index contributed by atoms with van der Waals surface area (Å²) in [5.74, 6) is -4.96. The Kier molecular flexibility index (Phi) is 3.51. The third-order valence-electron chi connectivity index (χ3n) is 2.99. The van der Waals surface area contributed by atoms with Gasteiger partial charge >= 0.3 is 18.1 Å². The molecule has 1 aliphatic carbocycles. The molecule has 1 aliphatic rings. The van der Waals surface area contributed by atoms with Gasteiger partial charge in [-0.3, -0.25) is 0 Å². The molecule has 0 bridgehead atoms. The molecule has 8 heteroatoms. The van der Waals surface area contributed by atoms with Crippen molar-refractivity contribution in [1.29, 1.82) is 0 Å². The van der Waals surface area contributed by atoms with Crippen LogP contribution in [0.2, 0.25) is 0 Å². The number of alkyl halides is 3. The molecule has 1 atom stereocenters. The van der Waals surface area contributed by atoms with E-state index in [-0.39, 0.29) is 0 Å². The van der Waals surface area contributed by atoms with E-state index in [4.69, 9.17) is 5.73 Å². The van der Waals surface area contributed by atoms with Crippen LogP contribution in [0.15, 0.2) is 12.1 Å². The maximum Gasteiger partial charge on any atom is 0.491 e. The van der Waals surface area contributed by atoms with Gasteiger partial charge in [0.05, 0.1) is 5.56 Å². The van der Waals surface area contributed by atoms with Crippen LogP contribution in [0.1, 0.15) is 33.9 Å². The SMILES string of the molecule is NC1CCc2c(F)cc(C(=O)OC(=O)C(F)(F)F)cc21. The summed E-state index contributed by atoms with van der Waals surface area (Å²) in [6.07, 6.45) is -4.42. The Labute approximate surface area is 110 Å². The minimum atomic E-state index is -5.29. The Morgan fingerprint density at radius 1 is 1.30 bits per heavy atom. The summed E-state index contributed by atoms with van der Waals surface area (Å²) in [5, 5.41) is 0. The zero-order valence-corrected chi connectivity index (χ0v) is 9.96. The normalized spacial score (nSPS) is 17.8. The number of fused-ring (bicyclic) bond motifs is 1. The quantitative estimate of drug-likeness (QED) is 0.488. The average Bonchev–Trinajstić information content (AvgIpc) is 2.70. The molecule has 4 nitrogen and oxygen atoms in total. The molecule has 20 heavy (non-hydrogen) atoms. The highest BCUT2D eigenvalue weighted by Crippen LogP contribution is 2.32. The number of carbonyl (C=O) groups excluding carboxylic acids is 2. The van der Waals surface area contributed by atoms with Crippen molar-refractivity contribution in [2.24, 2.45) is 5.73 Å². The molecule has 1 aromatic carbocycles. The molecule has 2 rings (SSSR count). The van der Waals surface area contributed by atoms with Crippen molar-refractivity contribution in [3.8, 4) is 0 Å². The standard InChI is InChI=1S/C12H9F4NO3/c13-8-4-5(3-7-6(8)1-2-9(7)17)10(18)20-11(19)12(14,15)16/h3-4,9H,1-2,17H2. The number of nitrogens with two attached hydrogens (primary N) is 1. The van der Waals surface area contributed by atoms with E-state index in [2.05, 4.69) is 4.74 Å². The lowest BCUT2D eigenvalue weighted by molar-refractivity contribution is -0.193. The first-order valence-electron chi connectivity index (χ1n) is 5.61. The number of ether oxygens (including phenoxy) is 1. The van der Waals surface area contributed by atoms with Crippen molar-refractivity contribution in [1.82, 2.24) is 0 Å². The highest BCUT2D eigenvalue weighted by molar-refractivity contribution is 5.98. The molecule has 1 aromatic rings. The molecule has 108 valence electrons. The van der Waals surface area contributed by atoms with Crippen LogP contribution in [-0.4, -0.2) is 18.1 Å². The van der Waals surface area contributed by atoms with Crippen LogP contribution in [-0.2, 0) is 16.0 Å². The third kappa shape index (κ3) is 2.64. The maximum absolute atomic E-state index is 13.7. The topological polar surface area (TPSA) is 69.4 Å². The summed E-state index contributed by atoms with van der Waals surface area (Å²) in [6.45, 7) is 0. The van der Waals surface area contributed by atoms with Gasteiger partial charge in [-0.05, 0) is 36.1 Å². The largest absolute Gasteiger partial charge is 0.491 e. The van der Waals surface area contributed by atoms with Crippen LogP contribution in [0, 0.1) is 5.82 Å². The first-order chi connectivity index (χ1) is 9.20. The second kappa shape index (κ2) is 4.86. The number of carbonyl (C=O) groups is 2. The molecule has 0 aromatic heterocycles. The van der Waals surface area contributed by atoms with Gasteiger partial charge in [0.25, 0.3) is 0 Å². The van der Waals surface area contributed by atoms with Gasteiger partial charge in [0.15, 0.2) is 0 Å². The van der Waals surface area contributed by atoms with Gasteiger partial charge in [0.1, 0.15) is 5.82 Å². The van der Waals surface area contributed by atoms with Crippen LogP contribution in [0.5, 0.6) is 0 Å². The zero-order chi connectivity index (χ0) is 15.1. The molecule has 2 N–H and O–H groups in total. The summed E-state index contributed by atoms with van der Waals surface area (Å²) in [4.78, 5) is 22.0. The lowest BCUT2D eigenvalue weighted by Crippen LogP contribution is -2.28. The highest BCUT2D eigenvalue weighted by atomic mass is 19.4. The summed E-state index contributed by atoms with van der Waals surface area (Å²) in [5.41, 5.74) is 5.89. The van der Waals surface area contributed by atoms with Gasteiger partial charge in [-0.2, -0.15) is 13.2 Å². The third-order valence-corrected chi connectivity index (χ3v) is 2.99. The number of halogens is 4. The predicted molar refractivity (Wildman–Crippen MR) is 58.1 cm³/mol. The number of esters is 2. The Morgan fingerprint density at radius 2 is 1.95 bits per heavy atom. The van der Waals surface area contributed by atoms with Crippen LogP contribution in [0.3, 0.4) is 0 Å². The molecule has 0 saturated heterocycles. The van der Waals surface area contributed by atoms with E-state index < -0.39 is 35.5 Å². The van der Waals surface area contributed by atoms with Gasteiger partial charge in [-0.15, -0.1) is 0 Å². The van der Waals surface area contributed by atoms with Crippen LogP contribution < -0.4 is 5.73 Å². The molecule has 0 saturated carbocycles. The summed E-state index contributed by atoms with van der Waals surface area (Å²) in [7, 11) is 0. The lowest BCUT2D eigenvalue weighted by Gasteiger charge is -2.09. The predicted octanol–water partition coefficient (Wildman–Crippen LogP) is 2.02. The van der Waals surface area contributed by atoms with E-state index in [1.807, 2.05) is 0 Å². The smallest absolute Gasteiger partial charge is 0.383 e. The minimum Gasteiger partial charge on any atom is -0.383 e. The second-order valence-corrected chi connectivity index (χ2v) is 4.35. The monoisotopic (exact) mass is 291 g/mol. The van der Waals surface area contributed by atoms with Gasteiger partial charge in [0, 0.05) is 6.04 Å². The Bertz CT molecular complexity index is 583. The molecular formula is C12H9F4NO3. The highest BCUT2D eigenvalue weighted by Gasteiger charge is 2.42. The van der Waals surface area contributed by atoms with Gasteiger partial charge in [-0.1, -0.05) is 0 Å². The van der Waals surface area contributed by atoms with Crippen molar-refractivity contribution < 1.29 is 31.9 Å². The van der Waals surface area contributed by atoms with Crippen molar-refractivity contribution in [2.45, 2.75) is 25.1 Å². The van der Waals surface area contributed by atoms with E-state index >= 15 is 0 Å². The maximum atomic E-state index is 13.7. The first kappa shape index (κ1) is 14.4. The Morgan fingerprint density at radius 3 is 2.55 bits per heavy atom. The molecule has 1 unspecified atom stereocenters. The van der Waals surface area contributed by atoms with E-state index in [1.165, 1.54) is 0 Å². The molecule has 0 fully saturated rings. The van der Waals surface area contributed by atoms with Gasteiger partial charge < -0.3 is 10.5 Å². The van der Waals surface area contributed by atoms with E-state index in [9.17, 15) is 27.2 Å². The summed E-state index contributed by atoms with van der Waals surface area (Å²) in [6, 6.07) is 1.40. The molecule has 0 aliphatic heterocycles. The number of rotatable bonds is 1. The van der Waals surface area contributed by atoms with Crippen molar-refractivity contribution in [3.63, 3.8) is 0 Å². The minimum absolute atomic E-state index is 0.330. The van der Waals surface area contributed by atoms with Crippen molar-refractivity contribution in [3.05, 3.63) is 34.6 Å². The number of hydrogen-bond acceptors (Lipinski definition) is 4. The molecule has 0 amide bonds. The number of hydrogen-bond donors (Lipinski definition) is 1. The molecule has 0 heterocycles. The molecular weight excluding hydrogens is 282 g/mol. The Balaban J connectivity index is 2.26. The van der Waals surface area contributed by atoms with E-state index in [1.54, 1.807) is 0 Å². The molecule has 0 radical (unpaired) electrons. The van der Waals surface area contributed by atoms with Crippen LogP contribution in [0.4, 0.5) is 17.6 Å². The van der Waals surface area contributed by atoms with E-state index in [0.29, 0.717) is 24.0 Å². The second-order valence-electron chi connectivity index (χ2n) is 4.35. The lowest BCUT2D eigenvalue weighted by atomic mass is 10.0. The fourth-order valence-corrected chi connectivity index (χ4v) is 2.03. The fraction of sp³-hybridized carbons (Fsp3) is 0.333. The summed E-state index contributed by atoms with van der Waals surface area (Å²) < 4.78 is 53.2. The fourth-order valence-electron chi connectivity index (χ4n) is 2.03. The van der Waals surface area contributed by atoms with Crippen molar-refractivity contribution >= 4 is 11.9 Å². The first-order valence-corrected chi connectivity index (χ1v) is 5.61. The van der Waals surface area contributed by atoms with Crippen molar-refractivity contribution in [2.75, 3.05) is 0 Å². The number of benzene rings is 1. The van der Waals surface area contributed by atoms with Gasteiger partial charge in [0.2, 0.25) is 0 Å². The zero-order valence-electron chi connectivity index (χ0n) is 9.96. The summed E-state index contributed by atoms with van der Waals surface area (Å²) >= 11 is 0. The van der Waals surface area contributed by atoms with Gasteiger partial charge in [-0.25, -0.2) is 14.0 Å². The van der Waals surface area contributed by atoms with Crippen LogP contribution in [0.25, 0.3) is 0 Å². The molecule has 0 spiro atoms. The van der Waals surface area contributed by atoms with Crippen LogP contribution >= 0.6 is 0 Å². The average molecular weight is 291 g/mol. The Hall–Kier alpha value is -1.96.